The second kappa shape index (κ2) is 6.22. The fraction of sp³-hybridized carbons (Fsp3) is 0.222. The molecule has 7 nitrogen and oxygen atoms in total. The molecule has 8 heteroatoms. The van der Waals surface area contributed by atoms with E-state index in [1.807, 2.05) is 62.4 Å². The highest BCUT2D eigenvalue weighted by atomic mass is 32.2. The molecular weight excluding hydrogens is 348 g/mol. The molecule has 0 N–H and O–H groups in total. The van der Waals surface area contributed by atoms with Crippen molar-refractivity contribution in [3.05, 3.63) is 70.8 Å². The predicted molar refractivity (Wildman–Crippen MR) is 101 cm³/mol. The Hall–Kier alpha value is -2.71. The van der Waals surface area contributed by atoms with Crippen molar-refractivity contribution in [1.29, 1.82) is 0 Å². The van der Waals surface area contributed by atoms with Crippen LogP contribution in [0.15, 0.2) is 79.4 Å². The molecule has 2 aromatic rings. The maximum Gasteiger partial charge on any atom is 0.301 e. The molecule has 0 saturated carbocycles. The van der Waals surface area contributed by atoms with Gasteiger partial charge in [-0.3, -0.25) is 0 Å². The lowest BCUT2D eigenvalue weighted by molar-refractivity contribution is 0.543. The molecular formula is C18H16N6OS. The summed E-state index contributed by atoms with van der Waals surface area (Å²) in [6.45, 7) is 3.98. The van der Waals surface area contributed by atoms with E-state index in [-0.39, 0.29) is 0 Å². The number of nitrogens with zero attached hydrogens (tertiary/aromatic N) is 6. The highest BCUT2D eigenvalue weighted by Crippen LogP contribution is 2.46. The summed E-state index contributed by atoms with van der Waals surface area (Å²) in [6, 6.07) is 15.3. The Morgan fingerprint density at radius 3 is 1.38 bits per heavy atom. The highest BCUT2D eigenvalue weighted by molar-refractivity contribution is 7.94. The molecule has 0 fully saturated rings. The summed E-state index contributed by atoms with van der Waals surface area (Å²) < 4.78 is 13.9. The van der Waals surface area contributed by atoms with Gasteiger partial charge >= 0.3 is 9.74 Å². The van der Waals surface area contributed by atoms with Gasteiger partial charge in [0, 0.05) is 22.3 Å². The molecule has 2 heterocycles. The van der Waals surface area contributed by atoms with Gasteiger partial charge in [-0.05, 0) is 24.3 Å². The van der Waals surface area contributed by atoms with Crippen molar-refractivity contribution in [2.45, 2.75) is 23.6 Å². The van der Waals surface area contributed by atoms with Gasteiger partial charge in [0.1, 0.15) is 12.4 Å². The molecule has 130 valence electrons. The van der Waals surface area contributed by atoms with Crippen LogP contribution in [0.25, 0.3) is 0 Å². The smallest absolute Gasteiger partial charge is 0.301 e. The molecule has 4 rings (SSSR count). The number of hydrogen-bond acceptors (Lipinski definition) is 7. The van der Waals surface area contributed by atoms with Crippen LogP contribution in [0.2, 0.25) is 0 Å². The summed E-state index contributed by atoms with van der Waals surface area (Å²) in [6.07, 6.45) is 3.01. The maximum absolute atomic E-state index is 13.9. The predicted octanol–water partition coefficient (Wildman–Crippen LogP) is 3.96. The zero-order chi connectivity index (χ0) is 18.2. The Balaban J connectivity index is 1.86. The summed E-state index contributed by atoms with van der Waals surface area (Å²) >= 11 is -1.72. The number of aryl methyl sites for hydroxylation is 2. The van der Waals surface area contributed by atoms with E-state index in [1.165, 1.54) is 12.4 Å². The van der Waals surface area contributed by atoms with Crippen molar-refractivity contribution < 1.29 is 4.55 Å². The second-order valence-corrected chi connectivity index (χ2v) is 8.04. The van der Waals surface area contributed by atoms with E-state index >= 15 is 0 Å². The lowest BCUT2D eigenvalue weighted by atomic mass is 10.1. The fourth-order valence-electron chi connectivity index (χ4n) is 2.91. The third-order valence-electron chi connectivity index (χ3n) is 4.45. The third kappa shape index (κ3) is 2.49. The van der Waals surface area contributed by atoms with Crippen molar-refractivity contribution in [3.8, 4) is 0 Å². The average Bonchev–Trinajstić information content (AvgIpc) is 3.33. The van der Waals surface area contributed by atoms with Crippen LogP contribution in [-0.2, 0) is 20.9 Å². The first kappa shape index (κ1) is 16.7. The van der Waals surface area contributed by atoms with E-state index in [2.05, 4.69) is 30.9 Å². The van der Waals surface area contributed by atoms with Crippen LogP contribution in [-0.4, -0.2) is 17.0 Å². The molecule has 0 spiro atoms. The minimum Gasteiger partial charge on any atom is -0.611 e. The third-order valence-corrected chi connectivity index (χ3v) is 6.43. The van der Waals surface area contributed by atoms with E-state index < -0.39 is 20.9 Å². The van der Waals surface area contributed by atoms with Gasteiger partial charge in [0.2, 0.25) is 0 Å². The molecule has 26 heavy (non-hydrogen) atoms. The van der Waals surface area contributed by atoms with E-state index in [0.29, 0.717) is 0 Å². The molecule has 0 bridgehead atoms. The van der Waals surface area contributed by atoms with Crippen molar-refractivity contribution >= 4 is 23.6 Å². The van der Waals surface area contributed by atoms with Crippen LogP contribution in [0.5, 0.6) is 0 Å². The minimum absolute atomic E-state index is 0.730. The first-order chi connectivity index (χ1) is 12.6. The van der Waals surface area contributed by atoms with Gasteiger partial charge < -0.3 is 4.55 Å². The quantitative estimate of drug-likeness (QED) is 0.754. The van der Waals surface area contributed by atoms with Gasteiger partial charge in [-0.2, -0.15) is 0 Å². The van der Waals surface area contributed by atoms with Gasteiger partial charge in [-0.25, -0.2) is 0 Å². The largest absolute Gasteiger partial charge is 0.611 e. The normalized spacial score (nSPS) is 27.3. The standard InChI is InChI=1S/C18H16N6OS/c1-13-3-7-15(8-4-13)17(11-19-23-21-17)26(25)18(12-20-24-22-18)16-9-5-14(2)6-10-16/h3-12H,1-2H3. The van der Waals surface area contributed by atoms with E-state index in [1.54, 1.807) is 0 Å². The van der Waals surface area contributed by atoms with Crippen molar-refractivity contribution in [2.24, 2.45) is 30.9 Å². The molecule has 2 aliphatic rings. The fourth-order valence-corrected chi connectivity index (χ4v) is 4.60. The Morgan fingerprint density at radius 2 is 1.08 bits per heavy atom. The lowest BCUT2D eigenvalue weighted by Gasteiger charge is -2.34. The topological polar surface area (TPSA) is 97.2 Å². The number of hydrogen-bond donors (Lipinski definition) is 0. The molecule has 2 aromatic carbocycles. The Bertz CT molecular complexity index is 832. The molecule has 2 aliphatic heterocycles. The van der Waals surface area contributed by atoms with Gasteiger partial charge in [-0.15, -0.1) is 10.2 Å². The van der Waals surface area contributed by atoms with Crippen molar-refractivity contribution in [3.63, 3.8) is 0 Å². The minimum atomic E-state index is -1.72. The molecule has 0 radical (unpaired) electrons. The Labute approximate surface area is 153 Å². The summed E-state index contributed by atoms with van der Waals surface area (Å²) in [4.78, 5) is -2.48. The Kier molecular flexibility index (Phi) is 4.01. The first-order valence-corrected chi connectivity index (χ1v) is 9.21. The molecule has 2 unspecified atom stereocenters. The SMILES string of the molecule is Cc1ccc(C2([S+]([O-])C3(c4ccc(C)cc4)C=NN=N3)C=NN=N2)cc1. The first-order valence-electron chi connectivity index (χ1n) is 8.06. The van der Waals surface area contributed by atoms with E-state index in [4.69, 9.17) is 0 Å². The van der Waals surface area contributed by atoms with E-state index in [9.17, 15) is 4.55 Å². The summed E-state index contributed by atoms with van der Waals surface area (Å²) in [7, 11) is 0. The van der Waals surface area contributed by atoms with Crippen LogP contribution < -0.4 is 0 Å². The Morgan fingerprint density at radius 1 is 0.692 bits per heavy atom. The van der Waals surface area contributed by atoms with Crippen LogP contribution in [0.4, 0.5) is 0 Å². The van der Waals surface area contributed by atoms with Crippen LogP contribution in [0, 0.1) is 13.8 Å². The molecule has 2 atom stereocenters. The van der Waals surface area contributed by atoms with Gasteiger partial charge in [0.15, 0.2) is 0 Å². The summed E-state index contributed by atoms with van der Waals surface area (Å²) in [5.41, 5.74) is 3.65. The summed E-state index contributed by atoms with van der Waals surface area (Å²) in [5, 5.41) is 23.8. The van der Waals surface area contributed by atoms with Crippen molar-refractivity contribution in [2.75, 3.05) is 0 Å². The van der Waals surface area contributed by atoms with Crippen LogP contribution >= 0.6 is 0 Å². The second-order valence-electron chi connectivity index (χ2n) is 6.26. The summed E-state index contributed by atoms with van der Waals surface area (Å²) in [5.74, 6) is 0. The molecule has 0 aliphatic carbocycles. The van der Waals surface area contributed by atoms with Crippen LogP contribution in [0.3, 0.4) is 0 Å². The zero-order valence-corrected chi connectivity index (χ0v) is 15.1. The van der Waals surface area contributed by atoms with Crippen LogP contribution in [0.1, 0.15) is 22.3 Å². The number of benzene rings is 2. The van der Waals surface area contributed by atoms with Gasteiger partial charge in [0.05, 0.1) is 0 Å². The molecule has 0 saturated heterocycles. The average molecular weight is 364 g/mol. The highest BCUT2D eigenvalue weighted by Gasteiger charge is 2.59. The van der Waals surface area contributed by atoms with Gasteiger partial charge in [0.25, 0.3) is 0 Å². The van der Waals surface area contributed by atoms with Gasteiger partial charge in [-0.1, -0.05) is 69.9 Å². The maximum atomic E-state index is 13.9. The zero-order valence-electron chi connectivity index (χ0n) is 14.3. The van der Waals surface area contributed by atoms with Crippen molar-refractivity contribution in [1.82, 2.24) is 0 Å². The molecule has 0 aromatic heterocycles. The molecule has 0 amide bonds. The van der Waals surface area contributed by atoms with E-state index in [0.717, 1.165) is 22.3 Å². The monoisotopic (exact) mass is 364 g/mol. The number of rotatable bonds is 4. The lowest BCUT2D eigenvalue weighted by Crippen LogP contribution is -2.47.